The number of benzene rings is 1. The summed E-state index contributed by atoms with van der Waals surface area (Å²) in [6, 6.07) is 7.44. The minimum absolute atomic E-state index is 0.141. The lowest BCUT2D eigenvalue weighted by atomic mass is 10.1. The molecule has 1 unspecified atom stereocenters. The average molecular weight is 420 g/mol. The van der Waals surface area contributed by atoms with Crippen molar-refractivity contribution in [2.45, 2.75) is 45.6 Å². The van der Waals surface area contributed by atoms with Gasteiger partial charge in [-0.15, -0.1) is 11.3 Å². The third-order valence-electron chi connectivity index (χ3n) is 4.45. The van der Waals surface area contributed by atoms with Crippen LogP contribution in [0.3, 0.4) is 0 Å². The van der Waals surface area contributed by atoms with Gasteiger partial charge in [0.2, 0.25) is 0 Å². The molecule has 2 rings (SSSR count). The molecule has 1 atom stereocenters. The maximum absolute atomic E-state index is 12.3. The summed E-state index contributed by atoms with van der Waals surface area (Å²) in [7, 11) is 1.74. The molecule has 2 N–H and O–H groups in total. The smallest absolute Gasteiger partial charge is 0.333 e. The van der Waals surface area contributed by atoms with E-state index in [0.29, 0.717) is 18.2 Å². The van der Waals surface area contributed by atoms with Crippen LogP contribution >= 0.6 is 11.3 Å². The first-order chi connectivity index (χ1) is 14.0. The molecule has 1 aromatic heterocycles. The molecule has 0 aliphatic heterocycles. The number of hydrogen-bond donors (Lipinski definition) is 2. The summed E-state index contributed by atoms with van der Waals surface area (Å²) in [6.45, 7) is 4.90. The van der Waals surface area contributed by atoms with Crippen molar-refractivity contribution in [3.05, 3.63) is 34.7 Å². The zero-order valence-electron chi connectivity index (χ0n) is 17.2. The number of unbranched alkanes of at least 4 members (excludes halogenated alkanes) is 2. The second-order valence-corrected chi connectivity index (χ2v) is 7.60. The molecule has 1 aromatic carbocycles. The van der Waals surface area contributed by atoms with E-state index in [1.165, 1.54) is 11.3 Å². The molecule has 7 nitrogen and oxygen atoms in total. The minimum atomic E-state index is -0.989. The van der Waals surface area contributed by atoms with Gasteiger partial charge in [0.1, 0.15) is 0 Å². The summed E-state index contributed by atoms with van der Waals surface area (Å²) in [5, 5.41) is 14.8. The van der Waals surface area contributed by atoms with Crippen molar-refractivity contribution >= 4 is 29.0 Å². The predicted octanol–water partition coefficient (Wildman–Crippen LogP) is 4.18. The number of aliphatic carboxylic acids is 1. The van der Waals surface area contributed by atoms with Gasteiger partial charge in [-0.3, -0.25) is 4.90 Å². The van der Waals surface area contributed by atoms with Crippen molar-refractivity contribution in [3.63, 3.8) is 0 Å². The van der Waals surface area contributed by atoms with Crippen molar-refractivity contribution in [2.24, 2.45) is 0 Å². The fraction of sp³-hybridized carbons (Fsp3) is 0.476. The summed E-state index contributed by atoms with van der Waals surface area (Å²) in [6.07, 6.45) is 2.51. The molecule has 0 aliphatic rings. The lowest BCUT2D eigenvalue weighted by molar-refractivity contribution is -0.149. The molecule has 0 radical (unpaired) electrons. The molecule has 1 heterocycles. The first-order valence-electron chi connectivity index (χ1n) is 9.87. The Morgan fingerprint density at radius 2 is 2.10 bits per heavy atom. The topological polar surface area (TPSA) is 91.8 Å². The number of aromatic nitrogens is 1. The zero-order valence-corrected chi connectivity index (χ0v) is 18.0. The van der Waals surface area contributed by atoms with Gasteiger partial charge in [-0.1, -0.05) is 31.9 Å². The summed E-state index contributed by atoms with van der Waals surface area (Å²) >= 11 is 1.40. The summed E-state index contributed by atoms with van der Waals surface area (Å²) in [5.41, 5.74) is 2.39. The number of carboxylic acid groups (broad SMARTS) is 1. The van der Waals surface area contributed by atoms with Gasteiger partial charge in [0.05, 0.1) is 10.7 Å². The number of carboxylic acids is 1. The van der Waals surface area contributed by atoms with Gasteiger partial charge in [-0.2, -0.15) is 0 Å². The van der Waals surface area contributed by atoms with Crippen molar-refractivity contribution in [2.75, 3.05) is 25.1 Å². The minimum Gasteiger partial charge on any atom is -0.479 e. The number of anilines is 1. The molecule has 2 amide bonds. The highest BCUT2D eigenvalue weighted by Crippen LogP contribution is 2.26. The van der Waals surface area contributed by atoms with Gasteiger partial charge in [-0.25, -0.2) is 14.6 Å². The highest BCUT2D eigenvalue weighted by Gasteiger charge is 2.20. The van der Waals surface area contributed by atoms with Crippen molar-refractivity contribution < 1.29 is 19.4 Å². The molecular formula is C21H29N3O4S. The largest absolute Gasteiger partial charge is 0.479 e. The molecule has 0 spiro atoms. The normalized spacial score (nSPS) is 11.8. The van der Waals surface area contributed by atoms with Crippen LogP contribution in [0.1, 0.15) is 38.1 Å². The van der Waals surface area contributed by atoms with Gasteiger partial charge in [0.25, 0.3) is 0 Å². The standard InChI is InChI=1S/C21H29N3O4S/c1-4-6-7-11-22-21(27)24(3)16-10-8-9-15(12-16)17-14-29-19(23-17)13-18(20(25)26)28-5-2/h8-10,12,14,18H,4-7,11,13H2,1-3H3,(H,22,27)(H,25,26). The van der Waals surface area contributed by atoms with Gasteiger partial charge in [0.15, 0.2) is 6.10 Å². The van der Waals surface area contributed by atoms with E-state index in [9.17, 15) is 14.7 Å². The van der Waals surface area contributed by atoms with Crippen LogP contribution in [0.4, 0.5) is 10.5 Å². The first kappa shape index (κ1) is 22.8. The van der Waals surface area contributed by atoms with E-state index in [2.05, 4.69) is 17.2 Å². The van der Waals surface area contributed by atoms with E-state index in [1.54, 1.807) is 18.9 Å². The van der Waals surface area contributed by atoms with Crippen LogP contribution in [0.15, 0.2) is 29.6 Å². The number of ether oxygens (including phenoxy) is 1. The first-order valence-corrected chi connectivity index (χ1v) is 10.7. The van der Waals surface area contributed by atoms with Gasteiger partial charge >= 0.3 is 12.0 Å². The zero-order chi connectivity index (χ0) is 21.2. The number of hydrogen-bond acceptors (Lipinski definition) is 5. The number of carbonyl (C=O) groups is 2. The van der Waals surface area contributed by atoms with Crippen LogP contribution in [0.25, 0.3) is 11.3 Å². The summed E-state index contributed by atoms with van der Waals surface area (Å²) < 4.78 is 5.26. The van der Waals surface area contributed by atoms with Crippen molar-refractivity contribution in [3.8, 4) is 11.3 Å². The molecule has 29 heavy (non-hydrogen) atoms. The number of rotatable bonds is 11. The molecule has 0 fully saturated rings. The lowest BCUT2D eigenvalue weighted by Gasteiger charge is -2.18. The van der Waals surface area contributed by atoms with Crippen molar-refractivity contribution in [1.82, 2.24) is 10.3 Å². The highest BCUT2D eigenvalue weighted by molar-refractivity contribution is 7.10. The van der Waals surface area contributed by atoms with E-state index < -0.39 is 12.1 Å². The quantitative estimate of drug-likeness (QED) is 0.533. The second-order valence-electron chi connectivity index (χ2n) is 6.66. The van der Waals surface area contributed by atoms with Crippen molar-refractivity contribution in [1.29, 1.82) is 0 Å². The lowest BCUT2D eigenvalue weighted by Crippen LogP contribution is -2.37. The Bertz CT molecular complexity index is 809. The molecule has 0 bridgehead atoms. The maximum Gasteiger partial charge on any atom is 0.333 e. The van der Waals surface area contributed by atoms with E-state index in [-0.39, 0.29) is 12.5 Å². The number of carbonyl (C=O) groups excluding carboxylic acids is 1. The van der Waals surface area contributed by atoms with E-state index in [0.717, 1.165) is 36.2 Å². The van der Waals surface area contributed by atoms with Crippen LogP contribution in [0, 0.1) is 0 Å². The second kappa shape index (κ2) is 11.5. The Labute approximate surface area is 175 Å². The number of urea groups is 1. The van der Waals surface area contributed by atoms with Crippen LogP contribution in [-0.2, 0) is 16.0 Å². The Morgan fingerprint density at radius 1 is 1.31 bits per heavy atom. The monoisotopic (exact) mass is 419 g/mol. The van der Waals surface area contributed by atoms with Crippen LogP contribution in [0.5, 0.6) is 0 Å². The van der Waals surface area contributed by atoms with Crippen LogP contribution in [-0.4, -0.2) is 48.4 Å². The fourth-order valence-corrected chi connectivity index (χ4v) is 3.63. The summed E-state index contributed by atoms with van der Waals surface area (Å²) in [5.74, 6) is -0.989. The SMILES string of the molecule is CCCCCNC(=O)N(C)c1cccc(-c2csc(CC(OCC)C(=O)O)n2)c1. The van der Waals surface area contributed by atoms with E-state index in [4.69, 9.17) is 4.74 Å². The molecular weight excluding hydrogens is 390 g/mol. The van der Waals surface area contributed by atoms with E-state index in [1.807, 2.05) is 29.6 Å². The molecule has 0 saturated heterocycles. The van der Waals surface area contributed by atoms with Gasteiger partial charge in [0, 0.05) is 43.3 Å². The number of thiazole rings is 1. The Balaban J connectivity index is 2.06. The Morgan fingerprint density at radius 3 is 2.79 bits per heavy atom. The molecule has 8 heteroatoms. The van der Waals surface area contributed by atoms with Crippen LogP contribution < -0.4 is 10.2 Å². The molecule has 0 saturated carbocycles. The maximum atomic E-state index is 12.3. The van der Waals surface area contributed by atoms with E-state index >= 15 is 0 Å². The third-order valence-corrected chi connectivity index (χ3v) is 5.32. The number of nitrogens with zero attached hydrogens (tertiary/aromatic N) is 2. The average Bonchev–Trinajstić information content (AvgIpc) is 3.19. The van der Waals surface area contributed by atoms with Gasteiger partial charge in [-0.05, 0) is 25.5 Å². The number of nitrogens with one attached hydrogen (secondary N) is 1. The highest BCUT2D eigenvalue weighted by atomic mass is 32.1. The Kier molecular flexibility index (Phi) is 9.08. The summed E-state index contributed by atoms with van der Waals surface area (Å²) in [4.78, 5) is 29.7. The van der Waals surface area contributed by atoms with Crippen LogP contribution in [0.2, 0.25) is 0 Å². The Hall–Kier alpha value is -2.45. The molecule has 2 aromatic rings. The predicted molar refractivity (Wildman–Crippen MR) is 116 cm³/mol. The molecule has 0 aliphatic carbocycles. The van der Waals surface area contributed by atoms with Gasteiger partial charge < -0.3 is 15.2 Å². The molecule has 158 valence electrons. The fourth-order valence-electron chi connectivity index (χ4n) is 2.79. The number of amides is 2. The third kappa shape index (κ3) is 6.83.